The van der Waals surface area contributed by atoms with E-state index in [4.69, 9.17) is 9.47 Å². The van der Waals surface area contributed by atoms with Crippen LogP contribution in [0.4, 0.5) is 0 Å². The molecule has 1 N–H and O–H groups in total. The molecule has 2 aromatic rings. The summed E-state index contributed by atoms with van der Waals surface area (Å²) in [5, 5.41) is 9.37. The summed E-state index contributed by atoms with van der Waals surface area (Å²) in [5.41, 5.74) is 3.63. The van der Waals surface area contributed by atoms with E-state index in [0.29, 0.717) is 5.56 Å². The summed E-state index contributed by atoms with van der Waals surface area (Å²) in [5.74, 6) is 2.90. The molecule has 158 valence electrons. The van der Waals surface area contributed by atoms with Crippen LogP contribution in [0.25, 0.3) is 0 Å². The Labute approximate surface area is 185 Å². The van der Waals surface area contributed by atoms with Gasteiger partial charge in [0, 0.05) is 0 Å². The number of hydrogen-bond donors (Lipinski definition) is 1. The minimum atomic E-state index is -0.964. The van der Waals surface area contributed by atoms with Gasteiger partial charge in [0.15, 0.2) is 0 Å². The zero-order chi connectivity index (χ0) is 21.9. The van der Waals surface area contributed by atoms with Crippen LogP contribution < -0.4 is 9.20 Å². The maximum absolute atomic E-state index is 11.4. The number of benzene rings is 2. The SMILES string of the molecule is COCOc1cc2c(cc1[Se]C#Cc1ccccc1C(=O)O)C(C)(C)CCC2(C)C. The van der Waals surface area contributed by atoms with Crippen molar-refractivity contribution in [3.8, 4) is 16.5 Å². The van der Waals surface area contributed by atoms with Crippen molar-refractivity contribution in [2.45, 2.75) is 51.4 Å². The van der Waals surface area contributed by atoms with Crippen LogP contribution in [0, 0.1) is 10.7 Å². The third-order valence-electron chi connectivity index (χ3n) is 5.75. The van der Waals surface area contributed by atoms with Crippen molar-refractivity contribution in [3.05, 3.63) is 58.7 Å². The van der Waals surface area contributed by atoms with Gasteiger partial charge >= 0.3 is 185 Å². The van der Waals surface area contributed by atoms with Gasteiger partial charge in [-0.15, -0.1) is 0 Å². The zero-order valence-electron chi connectivity index (χ0n) is 18.2. The third kappa shape index (κ3) is 4.73. The van der Waals surface area contributed by atoms with Gasteiger partial charge in [-0.25, -0.2) is 0 Å². The van der Waals surface area contributed by atoms with Crippen molar-refractivity contribution in [1.82, 2.24) is 0 Å². The van der Waals surface area contributed by atoms with Crippen molar-refractivity contribution >= 4 is 25.4 Å². The first-order valence-corrected chi connectivity index (χ1v) is 11.7. The number of carbonyl (C=O) groups is 1. The van der Waals surface area contributed by atoms with Gasteiger partial charge in [0.25, 0.3) is 0 Å². The van der Waals surface area contributed by atoms with Crippen LogP contribution in [0.1, 0.15) is 67.6 Å². The third-order valence-corrected chi connectivity index (χ3v) is 7.31. The molecule has 0 fully saturated rings. The van der Waals surface area contributed by atoms with Gasteiger partial charge in [-0.05, 0) is 0 Å². The van der Waals surface area contributed by atoms with E-state index in [1.54, 1.807) is 31.4 Å². The second-order valence-corrected chi connectivity index (χ2v) is 10.6. The zero-order valence-corrected chi connectivity index (χ0v) is 19.9. The van der Waals surface area contributed by atoms with Gasteiger partial charge in [-0.1, -0.05) is 0 Å². The first-order valence-electron chi connectivity index (χ1n) is 9.96. The molecule has 0 spiro atoms. The molecule has 3 rings (SSSR count). The van der Waals surface area contributed by atoms with E-state index in [1.165, 1.54) is 11.1 Å². The van der Waals surface area contributed by atoms with Crippen molar-refractivity contribution in [2.75, 3.05) is 13.9 Å². The minimum absolute atomic E-state index is 0.0909. The molecule has 0 unspecified atom stereocenters. The Balaban J connectivity index is 2.02. The molecule has 4 nitrogen and oxygen atoms in total. The molecular formula is C25H28O4Se. The van der Waals surface area contributed by atoms with Gasteiger partial charge < -0.3 is 0 Å². The number of rotatable bonds is 5. The first kappa shape index (κ1) is 22.4. The predicted octanol–water partition coefficient (Wildman–Crippen LogP) is 4.06. The fourth-order valence-electron chi connectivity index (χ4n) is 3.80. The van der Waals surface area contributed by atoms with E-state index in [2.05, 4.69) is 50.6 Å². The second-order valence-electron chi connectivity index (χ2n) is 8.84. The van der Waals surface area contributed by atoms with E-state index in [9.17, 15) is 9.90 Å². The van der Waals surface area contributed by atoms with Crippen LogP contribution in [0.5, 0.6) is 5.75 Å². The predicted molar refractivity (Wildman–Crippen MR) is 120 cm³/mol. The fraction of sp³-hybridized carbons (Fsp3) is 0.400. The summed E-state index contributed by atoms with van der Waals surface area (Å²) < 4.78 is 12.1. The van der Waals surface area contributed by atoms with E-state index in [1.807, 2.05) is 0 Å². The summed E-state index contributed by atoms with van der Waals surface area (Å²) in [6, 6.07) is 11.3. The van der Waals surface area contributed by atoms with Gasteiger partial charge in [0.1, 0.15) is 0 Å². The maximum atomic E-state index is 11.4. The average Bonchev–Trinajstić information content (AvgIpc) is 2.70. The second kappa shape index (κ2) is 8.86. The number of fused-ring (bicyclic) bond motifs is 1. The van der Waals surface area contributed by atoms with Crippen LogP contribution >= 0.6 is 0 Å². The number of aromatic carboxylic acids is 1. The van der Waals surface area contributed by atoms with Gasteiger partial charge in [-0.2, -0.15) is 0 Å². The number of carboxylic acids is 1. The molecule has 0 atom stereocenters. The first-order chi connectivity index (χ1) is 14.2. The fourth-order valence-corrected chi connectivity index (χ4v) is 5.20. The topological polar surface area (TPSA) is 55.8 Å². The summed E-state index contributed by atoms with van der Waals surface area (Å²) in [6.07, 6.45) is 2.27. The molecule has 1 aliphatic carbocycles. The Bertz CT molecular complexity index is 1010. The van der Waals surface area contributed by atoms with Crippen LogP contribution in [-0.4, -0.2) is 39.9 Å². The van der Waals surface area contributed by atoms with E-state index in [-0.39, 0.29) is 38.1 Å². The van der Waals surface area contributed by atoms with Crippen LogP contribution in [0.2, 0.25) is 0 Å². The molecule has 0 bridgehead atoms. The van der Waals surface area contributed by atoms with Crippen LogP contribution in [-0.2, 0) is 15.6 Å². The summed E-state index contributed by atoms with van der Waals surface area (Å²) in [4.78, 5) is 14.6. The molecule has 5 heteroatoms. The van der Waals surface area contributed by atoms with Gasteiger partial charge in [0.2, 0.25) is 0 Å². The Kier molecular flexibility index (Phi) is 6.62. The molecule has 0 radical (unpaired) electrons. The molecule has 1 aliphatic rings. The molecular weight excluding hydrogens is 443 g/mol. The molecule has 0 saturated heterocycles. The summed E-state index contributed by atoms with van der Waals surface area (Å²) in [6.45, 7) is 9.34. The average molecular weight is 471 g/mol. The molecule has 0 aromatic heterocycles. The molecule has 30 heavy (non-hydrogen) atoms. The normalized spacial score (nSPS) is 16.2. The monoisotopic (exact) mass is 472 g/mol. The van der Waals surface area contributed by atoms with Crippen LogP contribution in [0.15, 0.2) is 36.4 Å². The van der Waals surface area contributed by atoms with E-state index in [0.717, 1.165) is 23.1 Å². The number of ether oxygens (including phenoxy) is 2. The number of methoxy groups -OCH3 is 1. The quantitative estimate of drug-likeness (QED) is 0.406. The van der Waals surface area contributed by atoms with E-state index < -0.39 is 5.97 Å². The Morgan fingerprint density at radius 2 is 1.73 bits per heavy atom. The van der Waals surface area contributed by atoms with E-state index >= 15 is 0 Å². The molecule has 0 aliphatic heterocycles. The number of carboxylic acid groups (broad SMARTS) is 1. The van der Waals surface area contributed by atoms with Gasteiger partial charge in [-0.3, -0.25) is 0 Å². The molecule has 0 heterocycles. The summed E-state index contributed by atoms with van der Waals surface area (Å²) in [7, 11) is 1.61. The number of hydrogen-bond acceptors (Lipinski definition) is 3. The van der Waals surface area contributed by atoms with Crippen molar-refractivity contribution in [2.24, 2.45) is 0 Å². The van der Waals surface area contributed by atoms with Crippen molar-refractivity contribution in [1.29, 1.82) is 0 Å². The van der Waals surface area contributed by atoms with Crippen molar-refractivity contribution in [3.63, 3.8) is 0 Å². The summed E-state index contributed by atoms with van der Waals surface area (Å²) >= 11 is -0.193. The van der Waals surface area contributed by atoms with Crippen molar-refractivity contribution < 1.29 is 19.4 Å². The molecule has 0 saturated carbocycles. The van der Waals surface area contributed by atoms with Gasteiger partial charge in [0.05, 0.1) is 0 Å². The molecule has 0 amide bonds. The Morgan fingerprint density at radius 1 is 1.10 bits per heavy atom. The Hall–Kier alpha value is -2.25. The standard InChI is InChI=1S/C25H28O4Se/c1-24(2)11-12-25(3,4)20-15-22(21(14-19(20)24)29-16-28-5)30-13-10-17-8-6-7-9-18(17)23(26)27/h6-9,14-15H,11-12,16H2,1-5H3,(H,26,27). The Morgan fingerprint density at radius 3 is 2.37 bits per heavy atom. The molecule has 2 aromatic carbocycles. The van der Waals surface area contributed by atoms with Crippen LogP contribution in [0.3, 0.4) is 0 Å².